The number of fused-ring (bicyclic) bond motifs is 3. The van der Waals surface area contributed by atoms with Gasteiger partial charge in [0.05, 0.1) is 29.0 Å². The molecule has 0 bridgehead atoms. The van der Waals surface area contributed by atoms with Gasteiger partial charge in [-0.1, -0.05) is 18.2 Å². The third kappa shape index (κ3) is 2.87. The molecule has 0 aliphatic carbocycles. The Balaban J connectivity index is 1.50. The summed E-state index contributed by atoms with van der Waals surface area (Å²) in [7, 11) is 0. The normalized spacial score (nSPS) is 12.7. The van der Waals surface area contributed by atoms with Gasteiger partial charge in [-0.3, -0.25) is 4.98 Å². The lowest BCUT2D eigenvalue weighted by molar-refractivity contribution is 0.517. The molecule has 4 aromatic heterocycles. The van der Waals surface area contributed by atoms with Crippen LogP contribution in [0, 0.1) is 11.6 Å². The van der Waals surface area contributed by atoms with Gasteiger partial charge in [-0.05, 0) is 36.6 Å². The lowest BCUT2D eigenvalue weighted by Gasteiger charge is -2.17. The number of imidazole rings is 1. The van der Waals surface area contributed by atoms with Gasteiger partial charge < -0.3 is 4.57 Å². The summed E-state index contributed by atoms with van der Waals surface area (Å²) in [4.78, 5) is 18.5. The average molecular weight is 443 g/mol. The highest BCUT2D eigenvalue weighted by atomic mass is 32.1. The number of rotatable bonds is 3. The van der Waals surface area contributed by atoms with Gasteiger partial charge in [-0.2, -0.15) is 0 Å². The molecule has 0 saturated carbocycles. The van der Waals surface area contributed by atoms with Gasteiger partial charge in [-0.25, -0.2) is 23.7 Å². The van der Waals surface area contributed by atoms with Crippen LogP contribution in [0.25, 0.3) is 42.9 Å². The van der Waals surface area contributed by atoms with Crippen LogP contribution in [0.2, 0.25) is 0 Å². The lowest BCUT2D eigenvalue weighted by atomic mass is 10.0. The standard InChI is InChI=1S/C24H15F2N5S/c1-13(21-16(25)10-17-15(22(21)26)6-4-8-27-17)31-12-29-23-24(31)30-18(11-28-23)20-9-14-5-2-3-7-19(14)32-20/h2-13H,1H3. The molecular formula is C24H15F2N5S. The van der Waals surface area contributed by atoms with E-state index in [0.717, 1.165) is 15.0 Å². The Morgan fingerprint density at radius 3 is 2.75 bits per heavy atom. The molecule has 0 spiro atoms. The van der Waals surface area contributed by atoms with E-state index in [1.807, 2.05) is 18.2 Å². The van der Waals surface area contributed by atoms with Crippen molar-refractivity contribution in [1.29, 1.82) is 0 Å². The van der Waals surface area contributed by atoms with Crippen molar-refractivity contribution < 1.29 is 8.78 Å². The van der Waals surface area contributed by atoms with E-state index in [2.05, 4.69) is 27.1 Å². The molecule has 0 aliphatic rings. The number of pyridine rings is 1. The third-order valence-electron chi connectivity index (χ3n) is 5.63. The maximum atomic E-state index is 15.3. The Morgan fingerprint density at radius 1 is 1.00 bits per heavy atom. The van der Waals surface area contributed by atoms with Crippen LogP contribution in [0.5, 0.6) is 0 Å². The summed E-state index contributed by atoms with van der Waals surface area (Å²) in [5.74, 6) is -1.28. The van der Waals surface area contributed by atoms with Gasteiger partial charge >= 0.3 is 0 Å². The molecule has 6 rings (SSSR count). The summed E-state index contributed by atoms with van der Waals surface area (Å²) >= 11 is 1.62. The number of aromatic nitrogens is 5. The molecule has 0 saturated heterocycles. The minimum Gasteiger partial charge on any atom is -0.306 e. The molecule has 1 unspecified atom stereocenters. The van der Waals surface area contributed by atoms with Crippen molar-refractivity contribution in [2.75, 3.05) is 0 Å². The van der Waals surface area contributed by atoms with Gasteiger partial charge in [-0.15, -0.1) is 11.3 Å². The number of benzene rings is 2. The van der Waals surface area contributed by atoms with E-state index in [4.69, 9.17) is 4.98 Å². The van der Waals surface area contributed by atoms with E-state index in [1.165, 1.54) is 18.6 Å². The quantitative estimate of drug-likeness (QED) is 0.329. The third-order valence-corrected chi connectivity index (χ3v) is 6.77. The van der Waals surface area contributed by atoms with Crippen LogP contribution in [0.1, 0.15) is 18.5 Å². The second-order valence-electron chi connectivity index (χ2n) is 7.53. The molecule has 5 nitrogen and oxygen atoms in total. The zero-order valence-corrected chi connectivity index (χ0v) is 17.6. The summed E-state index contributed by atoms with van der Waals surface area (Å²) in [5.41, 5.74) is 1.80. The van der Waals surface area contributed by atoms with Crippen LogP contribution in [0.3, 0.4) is 0 Å². The highest BCUT2D eigenvalue weighted by molar-refractivity contribution is 7.22. The van der Waals surface area contributed by atoms with Crippen LogP contribution < -0.4 is 0 Å². The first-order chi connectivity index (χ1) is 15.6. The number of nitrogens with zero attached hydrogens (tertiary/aromatic N) is 5. The first-order valence-corrected chi connectivity index (χ1v) is 10.8. The summed E-state index contributed by atoms with van der Waals surface area (Å²) in [6, 6.07) is 14.0. The molecule has 4 heterocycles. The highest BCUT2D eigenvalue weighted by Crippen LogP contribution is 2.34. The topological polar surface area (TPSA) is 56.5 Å². The molecule has 1 atom stereocenters. The molecule has 0 fully saturated rings. The zero-order chi connectivity index (χ0) is 21.8. The number of hydrogen-bond acceptors (Lipinski definition) is 5. The maximum Gasteiger partial charge on any atom is 0.197 e. The second-order valence-corrected chi connectivity index (χ2v) is 8.62. The van der Waals surface area contributed by atoms with E-state index in [1.54, 1.807) is 41.2 Å². The Labute approximate surface area is 185 Å². The van der Waals surface area contributed by atoms with Gasteiger partial charge in [0.2, 0.25) is 0 Å². The fourth-order valence-electron chi connectivity index (χ4n) is 4.01. The first-order valence-electron chi connectivity index (χ1n) is 10.0. The van der Waals surface area contributed by atoms with E-state index in [-0.39, 0.29) is 16.5 Å². The smallest absolute Gasteiger partial charge is 0.197 e. The van der Waals surface area contributed by atoms with Crippen molar-refractivity contribution in [2.24, 2.45) is 0 Å². The predicted molar refractivity (Wildman–Crippen MR) is 122 cm³/mol. The molecular weight excluding hydrogens is 428 g/mol. The van der Waals surface area contributed by atoms with Gasteiger partial charge in [0.1, 0.15) is 17.3 Å². The van der Waals surface area contributed by atoms with Crippen molar-refractivity contribution in [3.63, 3.8) is 0 Å². The van der Waals surface area contributed by atoms with Gasteiger partial charge in [0, 0.05) is 27.9 Å². The fraction of sp³-hybridized carbons (Fsp3) is 0.0833. The Bertz CT molecular complexity index is 1610. The molecule has 2 aromatic carbocycles. The SMILES string of the molecule is CC(c1c(F)cc2ncccc2c1F)n1cnc2ncc(-c3cc4ccccc4s3)nc21. The van der Waals surface area contributed by atoms with Crippen molar-refractivity contribution >= 4 is 43.6 Å². The molecule has 8 heteroatoms. The molecule has 0 N–H and O–H groups in total. The number of thiophene rings is 1. The summed E-state index contributed by atoms with van der Waals surface area (Å²) in [5, 5.41) is 1.41. The average Bonchev–Trinajstić information content (AvgIpc) is 3.43. The largest absolute Gasteiger partial charge is 0.306 e. The molecule has 6 aromatic rings. The van der Waals surface area contributed by atoms with E-state index in [0.29, 0.717) is 17.0 Å². The predicted octanol–water partition coefficient (Wildman–Crippen LogP) is 6.14. The molecule has 156 valence electrons. The van der Waals surface area contributed by atoms with Crippen molar-refractivity contribution in [3.05, 3.63) is 84.4 Å². The zero-order valence-electron chi connectivity index (χ0n) is 16.8. The highest BCUT2D eigenvalue weighted by Gasteiger charge is 2.23. The monoisotopic (exact) mass is 443 g/mol. The summed E-state index contributed by atoms with van der Waals surface area (Å²) < 4.78 is 33.0. The molecule has 0 radical (unpaired) electrons. The fourth-order valence-corrected chi connectivity index (χ4v) is 5.02. The van der Waals surface area contributed by atoms with E-state index >= 15 is 4.39 Å². The summed E-state index contributed by atoms with van der Waals surface area (Å²) in [6.07, 6.45) is 4.72. The van der Waals surface area contributed by atoms with E-state index < -0.39 is 17.7 Å². The number of hydrogen-bond donors (Lipinski definition) is 0. The minimum absolute atomic E-state index is 0.0566. The maximum absolute atomic E-state index is 15.3. The molecule has 0 amide bonds. The van der Waals surface area contributed by atoms with Crippen molar-refractivity contribution in [2.45, 2.75) is 13.0 Å². The van der Waals surface area contributed by atoms with Gasteiger partial charge in [0.15, 0.2) is 11.3 Å². The number of halogens is 2. The summed E-state index contributed by atoms with van der Waals surface area (Å²) in [6.45, 7) is 1.72. The van der Waals surface area contributed by atoms with E-state index in [9.17, 15) is 4.39 Å². The second kappa shape index (κ2) is 7.13. The Hall–Kier alpha value is -3.78. The molecule has 0 aliphatic heterocycles. The lowest BCUT2D eigenvalue weighted by Crippen LogP contribution is -2.11. The first kappa shape index (κ1) is 18.9. The van der Waals surface area contributed by atoms with Crippen molar-refractivity contribution in [1.82, 2.24) is 24.5 Å². The Morgan fingerprint density at radius 2 is 1.88 bits per heavy atom. The van der Waals surface area contributed by atoms with Crippen molar-refractivity contribution in [3.8, 4) is 10.6 Å². The minimum atomic E-state index is -0.684. The van der Waals surface area contributed by atoms with Crippen LogP contribution in [-0.2, 0) is 0 Å². The van der Waals surface area contributed by atoms with Crippen LogP contribution in [-0.4, -0.2) is 24.5 Å². The van der Waals surface area contributed by atoms with Gasteiger partial charge in [0.25, 0.3) is 0 Å². The van der Waals surface area contributed by atoms with Crippen LogP contribution in [0.4, 0.5) is 8.78 Å². The van der Waals surface area contributed by atoms with Crippen LogP contribution >= 0.6 is 11.3 Å². The Kier molecular flexibility index (Phi) is 4.22. The molecule has 32 heavy (non-hydrogen) atoms. The van der Waals surface area contributed by atoms with Crippen LogP contribution in [0.15, 0.2) is 67.3 Å².